The predicted molar refractivity (Wildman–Crippen MR) is 122 cm³/mol. The van der Waals surface area contributed by atoms with E-state index >= 15 is 0 Å². The van der Waals surface area contributed by atoms with E-state index in [2.05, 4.69) is 71.8 Å². The van der Waals surface area contributed by atoms with E-state index in [-0.39, 0.29) is 0 Å². The molecule has 4 heterocycles. The van der Waals surface area contributed by atoms with Crippen molar-refractivity contribution >= 4 is 10.9 Å². The van der Waals surface area contributed by atoms with Crippen molar-refractivity contribution < 1.29 is 4.74 Å². The lowest BCUT2D eigenvalue weighted by atomic mass is 9.96. The van der Waals surface area contributed by atoms with Gasteiger partial charge < -0.3 is 4.74 Å². The molecule has 4 nitrogen and oxygen atoms in total. The van der Waals surface area contributed by atoms with Crippen LogP contribution in [0.25, 0.3) is 10.9 Å². The van der Waals surface area contributed by atoms with E-state index in [4.69, 9.17) is 9.72 Å². The molecule has 3 aliphatic heterocycles. The highest BCUT2D eigenvalue weighted by atomic mass is 16.5. The molecular weight excluding hydrogens is 370 g/mol. The number of nitrogens with zero attached hydrogens (tertiary/aromatic N) is 3. The fraction of sp³-hybridized carbons (Fsp3) is 0.346. The van der Waals surface area contributed by atoms with Crippen LogP contribution in [0.2, 0.25) is 0 Å². The van der Waals surface area contributed by atoms with Gasteiger partial charge in [-0.2, -0.15) is 0 Å². The molecule has 0 amide bonds. The molecule has 30 heavy (non-hydrogen) atoms. The number of benzene rings is 2. The van der Waals surface area contributed by atoms with Gasteiger partial charge >= 0.3 is 0 Å². The van der Waals surface area contributed by atoms with E-state index < -0.39 is 0 Å². The smallest absolute Gasteiger partial charge is 0.118 e. The zero-order chi connectivity index (χ0) is 20.7. The summed E-state index contributed by atoms with van der Waals surface area (Å²) >= 11 is 0. The molecule has 2 aromatic carbocycles. The van der Waals surface area contributed by atoms with Crippen molar-refractivity contribution in [2.24, 2.45) is 0 Å². The van der Waals surface area contributed by atoms with Crippen LogP contribution in [0.1, 0.15) is 28.4 Å². The van der Waals surface area contributed by atoms with Crippen LogP contribution in [0, 0.1) is 6.92 Å². The highest BCUT2D eigenvalue weighted by Crippen LogP contribution is 2.39. The molecule has 0 spiro atoms. The van der Waals surface area contributed by atoms with Gasteiger partial charge in [-0.05, 0) is 48.2 Å². The second kappa shape index (κ2) is 7.86. The van der Waals surface area contributed by atoms with Crippen LogP contribution in [0.15, 0.2) is 61.2 Å². The minimum atomic E-state index is 0.295. The first-order valence-corrected chi connectivity index (χ1v) is 10.8. The van der Waals surface area contributed by atoms with Gasteiger partial charge in [0, 0.05) is 37.6 Å². The molecule has 3 aliphatic rings. The molecule has 1 fully saturated rings. The molecule has 0 radical (unpaired) electrons. The van der Waals surface area contributed by atoms with E-state index in [0.717, 1.165) is 43.9 Å². The van der Waals surface area contributed by atoms with Gasteiger partial charge in [0.1, 0.15) is 5.75 Å². The maximum absolute atomic E-state index is 5.33. The summed E-state index contributed by atoms with van der Waals surface area (Å²) in [5, 5.41) is 1.29. The third-order valence-electron chi connectivity index (χ3n) is 6.78. The summed E-state index contributed by atoms with van der Waals surface area (Å²) in [6, 6.07) is 17.8. The second-order valence-electron chi connectivity index (χ2n) is 8.51. The lowest BCUT2D eigenvalue weighted by Gasteiger charge is -2.43. The van der Waals surface area contributed by atoms with Crippen molar-refractivity contribution in [3.8, 4) is 5.75 Å². The minimum Gasteiger partial charge on any atom is -0.497 e. The van der Waals surface area contributed by atoms with Gasteiger partial charge in [0.15, 0.2) is 0 Å². The van der Waals surface area contributed by atoms with Crippen molar-refractivity contribution in [3.63, 3.8) is 0 Å². The number of ether oxygens (including phenoxy) is 1. The minimum absolute atomic E-state index is 0.295. The summed E-state index contributed by atoms with van der Waals surface area (Å²) in [7, 11) is 1.71. The Morgan fingerprint density at radius 3 is 2.67 bits per heavy atom. The Morgan fingerprint density at radius 1 is 1.10 bits per heavy atom. The maximum atomic E-state index is 5.33. The van der Waals surface area contributed by atoms with Crippen LogP contribution in [0.3, 0.4) is 0 Å². The number of rotatable bonds is 5. The molecule has 0 saturated carbocycles. The predicted octanol–water partition coefficient (Wildman–Crippen LogP) is 4.52. The molecule has 1 saturated heterocycles. The average Bonchev–Trinajstić information content (AvgIpc) is 3.01. The van der Waals surface area contributed by atoms with Crippen LogP contribution in [-0.2, 0) is 13.0 Å². The van der Waals surface area contributed by atoms with Gasteiger partial charge in [-0.1, -0.05) is 36.4 Å². The number of hydrogen-bond acceptors (Lipinski definition) is 4. The molecule has 3 aromatic rings. The first-order valence-electron chi connectivity index (χ1n) is 10.8. The normalized spacial score (nSPS) is 21.4. The zero-order valence-corrected chi connectivity index (χ0v) is 17.8. The zero-order valence-electron chi connectivity index (χ0n) is 17.8. The highest BCUT2D eigenvalue weighted by molar-refractivity contribution is 5.83. The summed E-state index contributed by atoms with van der Waals surface area (Å²) in [6.07, 6.45) is 3.10. The number of pyridine rings is 1. The molecule has 154 valence electrons. The number of aryl methyl sites for hydroxylation is 1. The second-order valence-corrected chi connectivity index (χ2v) is 8.51. The molecule has 0 unspecified atom stereocenters. The van der Waals surface area contributed by atoms with Crippen molar-refractivity contribution in [1.82, 2.24) is 14.8 Å². The van der Waals surface area contributed by atoms with Crippen LogP contribution in [0.5, 0.6) is 5.75 Å². The Morgan fingerprint density at radius 2 is 1.90 bits per heavy atom. The lowest BCUT2D eigenvalue weighted by Crippen LogP contribution is -2.53. The largest absolute Gasteiger partial charge is 0.497 e. The quantitative estimate of drug-likeness (QED) is 0.590. The number of hydrogen-bond donors (Lipinski definition) is 0. The first kappa shape index (κ1) is 19.3. The summed E-state index contributed by atoms with van der Waals surface area (Å²) in [5.41, 5.74) is 6.55. The summed E-state index contributed by atoms with van der Waals surface area (Å²) in [6.45, 7) is 10.2. The van der Waals surface area contributed by atoms with Gasteiger partial charge in [-0.15, -0.1) is 6.58 Å². The van der Waals surface area contributed by atoms with Crippen LogP contribution in [0.4, 0.5) is 0 Å². The van der Waals surface area contributed by atoms with Crippen molar-refractivity contribution in [2.75, 3.05) is 26.7 Å². The number of piperazine rings is 1. The molecule has 2 atom stereocenters. The molecule has 0 aliphatic carbocycles. The van der Waals surface area contributed by atoms with Crippen molar-refractivity contribution in [3.05, 3.63) is 83.6 Å². The molecule has 1 aromatic heterocycles. The fourth-order valence-corrected chi connectivity index (χ4v) is 5.19. The average molecular weight is 400 g/mol. The van der Waals surface area contributed by atoms with Crippen LogP contribution in [-0.4, -0.2) is 47.6 Å². The van der Waals surface area contributed by atoms with Gasteiger partial charge in [0.05, 0.1) is 24.4 Å². The number of para-hydroxylation sites is 1. The summed E-state index contributed by atoms with van der Waals surface area (Å²) in [5.74, 6) is 0.905. The Kier molecular flexibility index (Phi) is 5.05. The van der Waals surface area contributed by atoms with E-state index in [9.17, 15) is 0 Å². The van der Waals surface area contributed by atoms with Gasteiger partial charge in [-0.3, -0.25) is 14.8 Å². The molecule has 6 rings (SSSR count). The van der Waals surface area contributed by atoms with Crippen molar-refractivity contribution in [2.45, 2.75) is 32.0 Å². The van der Waals surface area contributed by atoms with Crippen LogP contribution >= 0.6 is 0 Å². The molecule has 0 N–H and O–H groups in total. The Balaban J connectivity index is 1.56. The highest BCUT2D eigenvalue weighted by Gasteiger charge is 2.40. The number of fused-ring (bicyclic) bond motifs is 3. The van der Waals surface area contributed by atoms with E-state index in [1.165, 1.54) is 27.8 Å². The Bertz CT molecular complexity index is 1080. The van der Waals surface area contributed by atoms with Crippen LogP contribution < -0.4 is 4.74 Å². The Labute approximate surface area is 178 Å². The first-order chi connectivity index (χ1) is 14.7. The number of methoxy groups -OCH3 is 1. The fourth-order valence-electron chi connectivity index (χ4n) is 5.19. The topological polar surface area (TPSA) is 28.6 Å². The Hall–Kier alpha value is -2.69. The molecular formula is C26H29N3O. The monoisotopic (exact) mass is 399 g/mol. The summed E-state index contributed by atoms with van der Waals surface area (Å²) < 4.78 is 5.33. The molecule has 4 heteroatoms. The maximum Gasteiger partial charge on any atom is 0.118 e. The van der Waals surface area contributed by atoms with E-state index in [0.29, 0.717) is 12.1 Å². The third kappa shape index (κ3) is 3.30. The molecule has 2 bridgehead atoms. The summed E-state index contributed by atoms with van der Waals surface area (Å²) in [4.78, 5) is 10.4. The number of aromatic nitrogens is 1. The lowest BCUT2D eigenvalue weighted by molar-refractivity contribution is 0.0366. The van der Waals surface area contributed by atoms with Gasteiger partial charge in [-0.25, -0.2) is 0 Å². The van der Waals surface area contributed by atoms with E-state index in [1.54, 1.807) is 7.11 Å². The standard InChI is InChI=1S/C26H29N3O/c1-4-13-28-17-25-26-23(18(2)22-7-5-6-8-24(22)27-26)14-20(28)16-29(25)15-19-9-11-21(30-3)12-10-19/h4-12,20,25H,1,13-17H2,2-3H3/t20-,25+/m1/s1. The van der Waals surface area contributed by atoms with Crippen molar-refractivity contribution in [1.29, 1.82) is 0 Å². The van der Waals surface area contributed by atoms with E-state index in [1.807, 2.05) is 6.08 Å². The SMILES string of the molecule is C=CCN1C[C@H]2c3nc4ccccc4c(C)c3C[C@@H]1CN2Cc1ccc(OC)cc1. The third-order valence-corrected chi connectivity index (χ3v) is 6.78. The van der Waals surface area contributed by atoms with Gasteiger partial charge in [0.2, 0.25) is 0 Å². The van der Waals surface area contributed by atoms with Gasteiger partial charge in [0.25, 0.3) is 0 Å².